The van der Waals surface area contributed by atoms with E-state index < -0.39 is 0 Å². The summed E-state index contributed by atoms with van der Waals surface area (Å²) in [6, 6.07) is 0. The molecule has 1 unspecified atom stereocenters. The Morgan fingerprint density at radius 3 is 3.17 bits per heavy atom. The average molecular weight is 200 g/mol. The molecule has 0 radical (unpaired) electrons. The topological polar surface area (TPSA) is 38.9 Å². The molecule has 0 saturated carbocycles. The van der Waals surface area contributed by atoms with Crippen molar-refractivity contribution in [1.82, 2.24) is 4.98 Å². The Balaban J connectivity index is 2.11. The molecular weight excluding hydrogens is 188 g/mol. The van der Waals surface area contributed by atoms with Crippen molar-refractivity contribution in [2.45, 2.75) is 24.6 Å². The molecule has 4 heteroatoms. The molecule has 0 aliphatic carbocycles. The number of thiazole rings is 1. The molecule has 1 aromatic rings. The van der Waals surface area contributed by atoms with Crippen LogP contribution in [0.2, 0.25) is 0 Å². The minimum absolute atomic E-state index is 0.634. The van der Waals surface area contributed by atoms with Crippen LogP contribution in [-0.4, -0.2) is 10.7 Å². The van der Waals surface area contributed by atoms with Crippen molar-refractivity contribution in [3.8, 4) is 0 Å². The SMILES string of the molecule is NCc1cnc(C2CCCS2)s1. The van der Waals surface area contributed by atoms with Crippen molar-refractivity contribution in [3.05, 3.63) is 16.1 Å². The van der Waals surface area contributed by atoms with E-state index in [1.54, 1.807) is 11.3 Å². The highest BCUT2D eigenvalue weighted by Gasteiger charge is 2.20. The normalized spacial score (nSPS) is 23.2. The lowest BCUT2D eigenvalue weighted by atomic mass is 10.3. The van der Waals surface area contributed by atoms with Crippen LogP contribution >= 0.6 is 23.1 Å². The van der Waals surface area contributed by atoms with Gasteiger partial charge in [-0.2, -0.15) is 11.8 Å². The van der Waals surface area contributed by atoms with Gasteiger partial charge in [0.2, 0.25) is 0 Å². The molecule has 2 N–H and O–H groups in total. The standard InChI is InChI=1S/C8H12N2S2/c9-4-6-5-10-8(12-6)7-2-1-3-11-7/h5,7H,1-4,9H2. The van der Waals surface area contributed by atoms with Gasteiger partial charge in [0.05, 0.1) is 5.25 Å². The quantitative estimate of drug-likeness (QED) is 0.795. The first-order chi connectivity index (χ1) is 5.90. The molecular formula is C8H12N2S2. The lowest BCUT2D eigenvalue weighted by Crippen LogP contribution is -1.91. The van der Waals surface area contributed by atoms with Gasteiger partial charge in [0.1, 0.15) is 5.01 Å². The van der Waals surface area contributed by atoms with Crippen LogP contribution in [-0.2, 0) is 6.54 Å². The van der Waals surface area contributed by atoms with E-state index in [2.05, 4.69) is 4.98 Å². The molecule has 0 amide bonds. The van der Waals surface area contributed by atoms with E-state index in [-0.39, 0.29) is 0 Å². The van der Waals surface area contributed by atoms with Crippen molar-refractivity contribution in [3.63, 3.8) is 0 Å². The molecule has 66 valence electrons. The Morgan fingerprint density at radius 1 is 1.67 bits per heavy atom. The number of aromatic nitrogens is 1. The Morgan fingerprint density at radius 2 is 2.58 bits per heavy atom. The predicted octanol–water partition coefficient (Wildman–Crippen LogP) is 2.17. The molecule has 0 aromatic carbocycles. The molecule has 1 fully saturated rings. The number of nitrogens with zero attached hydrogens (tertiary/aromatic N) is 1. The maximum absolute atomic E-state index is 5.53. The van der Waals surface area contributed by atoms with Gasteiger partial charge in [-0.05, 0) is 18.6 Å². The van der Waals surface area contributed by atoms with Gasteiger partial charge < -0.3 is 5.73 Å². The number of nitrogens with two attached hydrogens (primary N) is 1. The second-order valence-corrected chi connectivity index (χ2v) is 5.33. The predicted molar refractivity (Wildman–Crippen MR) is 54.4 cm³/mol. The van der Waals surface area contributed by atoms with Gasteiger partial charge in [0.25, 0.3) is 0 Å². The van der Waals surface area contributed by atoms with E-state index in [1.165, 1.54) is 28.5 Å². The van der Waals surface area contributed by atoms with Gasteiger partial charge in [0, 0.05) is 17.6 Å². The zero-order valence-corrected chi connectivity index (χ0v) is 8.46. The Bertz CT molecular complexity index is 253. The minimum Gasteiger partial charge on any atom is -0.326 e. The number of rotatable bonds is 2. The number of thioether (sulfide) groups is 1. The van der Waals surface area contributed by atoms with Gasteiger partial charge in [-0.25, -0.2) is 4.98 Å². The summed E-state index contributed by atoms with van der Waals surface area (Å²) in [6.07, 6.45) is 4.55. The van der Waals surface area contributed by atoms with Gasteiger partial charge in [-0.15, -0.1) is 11.3 Å². The zero-order chi connectivity index (χ0) is 8.39. The lowest BCUT2D eigenvalue weighted by Gasteiger charge is -2.01. The fourth-order valence-electron chi connectivity index (χ4n) is 1.34. The van der Waals surface area contributed by atoms with E-state index in [0.29, 0.717) is 11.8 Å². The van der Waals surface area contributed by atoms with Crippen LogP contribution in [0.4, 0.5) is 0 Å². The van der Waals surface area contributed by atoms with Crippen LogP contribution in [0, 0.1) is 0 Å². The van der Waals surface area contributed by atoms with E-state index in [0.717, 1.165) is 0 Å². The monoisotopic (exact) mass is 200 g/mol. The van der Waals surface area contributed by atoms with Crippen molar-refractivity contribution < 1.29 is 0 Å². The Hall–Kier alpha value is -0.0600. The van der Waals surface area contributed by atoms with Crippen molar-refractivity contribution in [2.24, 2.45) is 5.73 Å². The summed E-state index contributed by atoms with van der Waals surface area (Å²) >= 11 is 3.80. The van der Waals surface area contributed by atoms with Gasteiger partial charge >= 0.3 is 0 Å². The largest absolute Gasteiger partial charge is 0.326 e. The minimum atomic E-state index is 0.634. The molecule has 2 heterocycles. The average Bonchev–Trinajstić information content (AvgIpc) is 2.75. The fraction of sp³-hybridized carbons (Fsp3) is 0.625. The van der Waals surface area contributed by atoms with Crippen LogP contribution in [0.25, 0.3) is 0 Å². The first kappa shape index (κ1) is 8.53. The second kappa shape index (κ2) is 3.77. The van der Waals surface area contributed by atoms with Crippen molar-refractivity contribution in [1.29, 1.82) is 0 Å². The van der Waals surface area contributed by atoms with Crippen molar-refractivity contribution >= 4 is 23.1 Å². The maximum Gasteiger partial charge on any atom is 0.106 e. The second-order valence-electron chi connectivity index (χ2n) is 2.87. The van der Waals surface area contributed by atoms with Crippen LogP contribution in [0.3, 0.4) is 0 Å². The third kappa shape index (κ3) is 1.65. The van der Waals surface area contributed by atoms with Crippen LogP contribution < -0.4 is 5.73 Å². The first-order valence-corrected chi connectivity index (χ1v) is 6.03. The highest BCUT2D eigenvalue weighted by atomic mass is 32.2. The number of hydrogen-bond donors (Lipinski definition) is 1. The van der Waals surface area contributed by atoms with Crippen molar-refractivity contribution in [2.75, 3.05) is 5.75 Å². The highest BCUT2D eigenvalue weighted by molar-refractivity contribution is 7.99. The fourth-order valence-corrected chi connectivity index (χ4v) is 3.65. The van der Waals surface area contributed by atoms with Gasteiger partial charge in [-0.1, -0.05) is 0 Å². The smallest absolute Gasteiger partial charge is 0.106 e. The summed E-state index contributed by atoms with van der Waals surface area (Å²) in [6.45, 7) is 0.634. The van der Waals surface area contributed by atoms with Gasteiger partial charge in [-0.3, -0.25) is 0 Å². The van der Waals surface area contributed by atoms with Crippen LogP contribution in [0.1, 0.15) is 28.0 Å². The van der Waals surface area contributed by atoms with Gasteiger partial charge in [0.15, 0.2) is 0 Å². The molecule has 1 aliphatic rings. The summed E-state index contributed by atoms with van der Waals surface area (Å²) in [4.78, 5) is 5.59. The Kier molecular flexibility index (Phi) is 2.68. The molecule has 2 nitrogen and oxygen atoms in total. The lowest BCUT2D eigenvalue weighted by molar-refractivity contribution is 0.822. The summed E-state index contributed by atoms with van der Waals surface area (Å²) in [5.74, 6) is 1.29. The molecule has 1 saturated heterocycles. The molecule has 12 heavy (non-hydrogen) atoms. The summed E-state index contributed by atoms with van der Waals surface area (Å²) in [7, 11) is 0. The summed E-state index contributed by atoms with van der Waals surface area (Å²) < 4.78 is 0. The van der Waals surface area contributed by atoms with E-state index >= 15 is 0 Å². The molecule has 1 aromatic heterocycles. The zero-order valence-electron chi connectivity index (χ0n) is 6.82. The molecule has 1 atom stereocenters. The number of hydrogen-bond acceptors (Lipinski definition) is 4. The molecule has 0 bridgehead atoms. The summed E-state index contributed by atoms with van der Waals surface area (Å²) in [5, 5.41) is 1.94. The molecule has 0 spiro atoms. The molecule has 2 rings (SSSR count). The van der Waals surface area contributed by atoms with Crippen LogP contribution in [0.5, 0.6) is 0 Å². The van der Waals surface area contributed by atoms with E-state index in [4.69, 9.17) is 5.73 Å². The third-order valence-electron chi connectivity index (χ3n) is 1.98. The highest BCUT2D eigenvalue weighted by Crippen LogP contribution is 2.41. The first-order valence-electron chi connectivity index (χ1n) is 4.16. The molecule has 1 aliphatic heterocycles. The maximum atomic E-state index is 5.53. The van der Waals surface area contributed by atoms with E-state index in [9.17, 15) is 0 Å². The third-order valence-corrected chi connectivity index (χ3v) is 4.65. The van der Waals surface area contributed by atoms with E-state index in [1.807, 2.05) is 18.0 Å². The summed E-state index contributed by atoms with van der Waals surface area (Å²) in [5.41, 5.74) is 5.53. The van der Waals surface area contributed by atoms with Crippen LogP contribution in [0.15, 0.2) is 6.20 Å². The Labute approximate surface area is 80.6 Å².